The van der Waals surface area contributed by atoms with Crippen molar-refractivity contribution in [2.24, 2.45) is 7.05 Å². The molecule has 2 aromatic rings. The Morgan fingerprint density at radius 2 is 1.88 bits per heavy atom. The summed E-state index contributed by atoms with van der Waals surface area (Å²) in [6.07, 6.45) is 3.29. The Morgan fingerprint density at radius 3 is 2.41 bits per heavy atom. The molecule has 0 saturated carbocycles. The lowest BCUT2D eigenvalue weighted by Crippen LogP contribution is -2.04. The van der Waals surface area contributed by atoms with Gasteiger partial charge in [0.2, 0.25) is 0 Å². The Balaban J connectivity index is 2.14. The van der Waals surface area contributed by atoms with Crippen LogP contribution in [-0.2, 0) is 13.6 Å². The van der Waals surface area contributed by atoms with Crippen molar-refractivity contribution in [2.45, 2.75) is 6.54 Å². The van der Waals surface area contributed by atoms with Gasteiger partial charge in [0, 0.05) is 37.5 Å². The summed E-state index contributed by atoms with van der Waals surface area (Å²) in [6, 6.07) is 1.27. The number of hydrogen-bond acceptors (Lipinski definition) is 2. The van der Waals surface area contributed by atoms with E-state index in [-0.39, 0.29) is 12.2 Å². The SMILES string of the molecule is Cn1cc(CNc2c(F)cc(F)cc2F)cn1. The number of nitrogens with one attached hydrogen (secondary N) is 1. The smallest absolute Gasteiger partial charge is 0.152 e. The summed E-state index contributed by atoms with van der Waals surface area (Å²) >= 11 is 0. The fraction of sp³-hybridized carbons (Fsp3) is 0.182. The summed E-state index contributed by atoms with van der Waals surface area (Å²) in [5.74, 6) is -2.84. The Labute approximate surface area is 95.9 Å². The summed E-state index contributed by atoms with van der Waals surface area (Å²) < 4.78 is 40.7. The predicted molar refractivity (Wildman–Crippen MR) is 56.9 cm³/mol. The van der Waals surface area contributed by atoms with Gasteiger partial charge in [-0.15, -0.1) is 0 Å². The average Bonchev–Trinajstić information content (AvgIpc) is 2.62. The third-order valence-corrected chi connectivity index (χ3v) is 2.23. The molecule has 0 bridgehead atoms. The lowest BCUT2D eigenvalue weighted by atomic mass is 10.2. The highest BCUT2D eigenvalue weighted by Crippen LogP contribution is 2.20. The van der Waals surface area contributed by atoms with E-state index < -0.39 is 17.5 Å². The first-order chi connectivity index (χ1) is 8.06. The first-order valence-electron chi connectivity index (χ1n) is 4.92. The van der Waals surface area contributed by atoms with Gasteiger partial charge in [0.1, 0.15) is 11.5 Å². The van der Waals surface area contributed by atoms with Gasteiger partial charge < -0.3 is 5.32 Å². The van der Waals surface area contributed by atoms with Crippen LogP contribution in [-0.4, -0.2) is 9.78 Å². The summed E-state index contributed by atoms with van der Waals surface area (Å²) in [7, 11) is 1.74. The van der Waals surface area contributed by atoms with Crippen LogP contribution in [0, 0.1) is 17.5 Å². The number of nitrogens with zero attached hydrogens (tertiary/aromatic N) is 2. The van der Waals surface area contributed by atoms with Crippen molar-refractivity contribution in [3.05, 3.63) is 47.5 Å². The van der Waals surface area contributed by atoms with Gasteiger partial charge in [-0.2, -0.15) is 5.10 Å². The third kappa shape index (κ3) is 2.58. The topological polar surface area (TPSA) is 29.9 Å². The van der Waals surface area contributed by atoms with E-state index >= 15 is 0 Å². The summed E-state index contributed by atoms with van der Waals surface area (Å²) in [5, 5.41) is 6.49. The molecule has 6 heteroatoms. The Hall–Kier alpha value is -1.98. The van der Waals surface area contributed by atoms with E-state index in [2.05, 4.69) is 10.4 Å². The maximum absolute atomic E-state index is 13.3. The van der Waals surface area contributed by atoms with E-state index in [0.29, 0.717) is 12.1 Å². The van der Waals surface area contributed by atoms with E-state index in [9.17, 15) is 13.2 Å². The van der Waals surface area contributed by atoms with Crippen molar-refractivity contribution in [2.75, 3.05) is 5.32 Å². The second-order valence-electron chi connectivity index (χ2n) is 3.62. The van der Waals surface area contributed by atoms with Crippen LogP contribution in [0.5, 0.6) is 0 Å². The minimum Gasteiger partial charge on any atom is -0.376 e. The van der Waals surface area contributed by atoms with Crippen LogP contribution in [0.3, 0.4) is 0 Å². The Kier molecular flexibility index (Phi) is 3.03. The average molecular weight is 241 g/mol. The van der Waals surface area contributed by atoms with E-state index in [1.807, 2.05) is 0 Å². The van der Waals surface area contributed by atoms with Crippen LogP contribution >= 0.6 is 0 Å². The van der Waals surface area contributed by atoms with Gasteiger partial charge in [-0.1, -0.05) is 0 Å². The summed E-state index contributed by atoms with van der Waals surface area (Å²) in [5.41, 5.74) is 0.436. The van der Waals surface area contributed by atoms with Crippen molar-refractivity contribution in [1.82, 2.24) is 9.78 Å². The maximum Gasteiger partial charge on any atom is 0.152 e. The van der Waals surface area contributed by atoms with E-state index in [1.54, 1.807) is 24.1 Å². The predicted octanol–water partition coefficient (Wildman–Crippen LogP) is 2.45. The zero-order valence-electron chi connectivity index (χ0n) is 9.04. The van der Waals surface area contributed by atoms with E-state index in [0.717, 1.165) is 5.56 Å². The fourth-order valence-corrected chi connectivity index (χ4v) is 1.46. The zero-order valence-corrected chi connectivity index (χ0v) is 9.04. The van der Waals surface area contributed by atoms with Crippen molar-refractivity contribution < 1.29 is 13.2 Å². The quantitative estimate of drug-likeness (QED) is 0.894. The van der Waals surface area contributed by atoms with Gasteiger partial charge in [-0.05, 0) is 0 Å². The lowest BCUT2D eigenvalue weighted by Gasteiger charge is -2.07. The van der Waals surface area contributed by atoms with Crippen molar-refractivity contribution in [3.63, 3.8) is 0 Å². The second kappa shape index (κ2) is 4.48. The van der Waals surface area contributed by atoms with Gasteiger partial charge >= 0.3 is 0 Å². The molecule has 0 fully saturated rings. The molecule has 3 nitrogen and oxygen atoms in total. The van der Waals surface area contributed by atoms with E-state index in [4.69, 9.17) is 0 Å². The molecule has 1 aromatic carbocycles. The molecule has 0 unspecified atom stereocenters. The number of rotatable bonds is 3. The lowest BCUT2D eigenvalue weighted by molar-refractivity contribution is 0.547. The normalized spacial score (nSPS) is 10.6. The van der Waals surface area contributed by atoms with Crippen LogP contribution in [0.15, 0.2) is 24.5 Å². The van der Waals surface area contributed by atoms with Crippen LogP contribution in [0.4, 0.5) is 18.9 Å². The molecular formula is C11H10F3N3. The molecule has 0 atom stereocenters. The van der Waals surface area contributed by atoms with Gasteiger partial charge in [-0.3, -0.25) is 4.68 Å². The highest BCUT2D eigenvalue weighted by atomic mass is 19.1. The first kappa shape index (κ1) is 11.5. The molecular weight excluding hydrogens is 231 g/mol. The number of anilines is 1. The fourth-order valence-electron chi connectivity index (χ4n) is 1.46. The summed E-state index contributed by atoms with van der Waals surface area (Å²) in [6.45, 7) is 0.216. The molecule has 0 aliphatic carbocycles. The minimum absolute atomic E-state index is 0.216. The summed E-state index contributed by atoms with van der Waals surface area (Å²) in [4.78, 5) is 0. The van der Waals surface area contributed by atoms with E-state index in [1.165, 1.54) is 0 Å². The Bertz CT molecular complexity index is 514. The van der Waals surface area contributed by atoms with Crippen molar-refractivity contribution >= 4 is 5.69 Å². The zero-order chi connectivity index (χ0) is 12.4. The number of hydrogen-bond donors (Lipinski definition) is 1. The second-order valence-corrected chi connectivity index (χ2v) is 3.62. The molecule has 0 amide bonds. The minimum atomic E-state index is -0.952. The highest BCUT2D eigenvalue weighted by Gasteiger charge is 2.11. The number of benzene rings is 1. The molecule has 1 N–H and O–H groups in total. The van der Waals surface area contributed by atoms with Crippen molar-refractivity contribution in [1.29, 1.82) is 0 Å². The van der Waals surface area contributed by atoms with Gasteiger partial charge in [0.05, 0.1) is 6.20 Å². The van der Waals surface area contributed by atoms with Gasteiger partial charge in [0.15, 0.2) is 11.6 Å². The first-order valence-corrected chi connectivity index (χ1v) is 4.92. The molecule has 0 aliphatic rings. The molecule has 1 aromatic heterocycles. The number of aromatic nitrogens is 2. The molecule has 0 aliphatic heterocycles. The van der Waals surface area contributed by atoms with Crippen LogP contribution < -0.4 is 5.32 Å². The molecule has 17 heavy (non-hydrogen) atoms. The van der Waals surface area contributed by atoms with Crippen molar-refractivity contribution in [3.8, 4) is 0 Å². The standard InChI is InChI=1S/C11H10F3N3/c1-17-6-7(5-16-17)4-15-11-9(13)2-8(12)3-10(11)14/h2-3,5-6,15H,4H2,1H3. The largest absolute Gasteiger partial charge is 0.376 e. The highest BCUT2D eigenvalue weighted by molar-refractivity contribution is 5.46. The van der Waals surface area contributed by atoms with Crippen LogP contribution in [0.25, 0.3) is 0 Å². The molecule has 90 valence electrons. The monoisotopic (exact) mass is 241 g/mol. The molecule has 0 radical (unpaired) electrons. The Morgan fingerprint density at radius 1 is 1.24 bits per heavy atom. The van der Waals surface area contributed by atoms with Gasteiger partial charge in [-0.25, -0.2) is 13.2 Å². The molecule has 2 rings (SSSR count). The maximum atomic E-state index is 13.3. The molecule has 1 heterocycles. The molecule has 0 saturated heterocycles. The number of halogens is 3. The molecule has 0 spiro atoms. The third-order valence-electron chi connectivity index (χ3n) is 2.23. The van der Waals surface area contributed by atoms with Crippen LogP contribution in [0.1, 0.15) is 5.56 Å². The van der Waals surface area contributed by atoms with Gasteiger partial charge in [0.25, 0.3) is 0 Å². The van der Waals surface area contributed by atoms with Crippen LogP contribution in [0.2, 0.25) is 0 Å². The number of aryl methyl sites for hydroxylation is 1.